The number of nitrogens with zero attached hydrogens (tertiary/aromatic N) is 4. The van der Waals surface area contributed by atoms with Crippen molar-refractivity contribution in [3.05, 3.63) is 40.6 Å². The van der Waals surface area contributed by atoms with Crippen LogP contribution in [0.1, 0.15) is 0 Å². The van der Waals surface area contributed by atoms with Crippen LogP contribution in [-0.4, -0.2) is 20.1 Å². The molecule has 0 fully saturated rings. The Morgan fingerprint density at radius 2 is 2.19 bits per heavy atom. The molecule has 7 nitrogen and oxygen atoms in total. The van der Waals surface area contributed by atoms with E-state index >= 15 is 0 Å². The average molecular weight is 217 g/mol. The maximum atomic E-state index is 10.6. The van der Waals surface area contributed by atoms with Gasteiger partial charge < -0.3 is 5.73 Å². The molecule has 1 aromatic carbocycles. The number of hydrogen-bond donors (Lipinski definition) is 1. The van der Waals surface area contributed by atoms with Crippen LogP contribution < -0.4 is 5.73 Å². The maximum absolute atomic E-state index is 10.6. The summed E-state index contributed by atoms with van der Waals surface area (Å²) in [7, 11) is 0. The predicted octanol–water partition coefficient (Wildman–Crippen LogP) is 1.03. The van der Waals surface area contributed by atoms with Crippen LogP contribution in [0.25, 0.3) is 11.3 Å². The summed E-state index contributed by atoms with van der Waals surface area (Å²) in [6.45, 7) is 0. The van der Waals surface area contributed by atoms with E-state index in [-0.39, 0.29) is 11.6 Å². The summed E-state index contributed by atoms with van der Waals surface area (Å²) >= 11 is 0. The van der Waals surface area contributed by atoms with E-state index < -0.39 is 4.92 Å². The highest BCUT2D eigenvalue weighted by Gasteiger charge is 2.08. The number of aromatic nitrogens is 3. The lowest BCUT2D eigenvalue weighted by Gasteiger charge is -1.99. The van der Waals surface area contributed by atoms with E-state index in [1.54, 1.807) is 12.1 Å². The fraction of sp³-hybridized carbons (Fsp3) is 0. The largest absolute Gasteiger partial charge is 0.366 e. The molecule has 0 atom stereocenters. The summed E-state index contributed by atoms with van der Waals surface area (Å²) in [5, 5.41) is 17.7. The minimum Gasteiger partial charge on any atom is -0.366 e. The zero-order chi connectivity index (χ0) is 11.5. The molecule has 0 spiro atoms. The summed E-state index contributed by atoms with van der Waals surface area (Å²) in [5.74, 6) is 0.0315. The van der Waals surface area contributed by atoms with E-state index in [0.717, 1.165) is 0 Å². The topological polar surface area (TPSA) is 108 Å². The molecule has 80 valence electrons. The summed E-state index contributed by atoms with van der Waals surface area (Å²) in [4.78, 5) is 14.0. The van der Waals surface area contributed by atoms with Crippen LogP contribution in [0.4, 0.5) is 11.6 Å². The molecule has 2 rings (SSSR count). The van der Waals surface area contributed by atoms with Crippen LogP contribution in [0.15, 0.2) is 30.5 Å². The van der Waals surface area contributed by atoms with Crippen LogP contribution in [0.3, 0.4) is 0 Å². The van der Waals surface area contributed by atoms with Gasteiger partial charge in [0.25, 0.3) is 5.69 Å². The molecular weight excluding hydrogens is 210 g/mol. The number of non-ortho nitro benzene ring substituents is 1. The van der Waals surface area contributed by atoms with E-state index in [0.29, 0.717) is 11.3 Å². The molecule has 0 aliphatic heterocycles. The van der Waals surface area contributed by atoms with Gasteiger partial charge in [0, 0.05) is 17.7 Å². The minimum absolute atomic E-state index is 0.00492. The van der Waals surface area contributed by atoms with Crippen molar-refractivity contribution in [3.63, 3.8) is 0 Å². The summed E-state index contributed by atoms with van der Waals surface area (Å²) in [6.07, 6.45) is 1.40. The summed E-state index contributed by atoms with van der Waals surface area (Å²) < 4.78 is 0. The fourth-order valence-electron chi connectivity index (χ4n) is 1.24. The first-order chi connectivity index (χ1) is 7.66. The SMILES string of the molecule is Nc1nncc(-c2cccc([N+](=O)[O-])c2)n1. The smallest absolute Gasteiger partial charge is 0.270 e. The second kappa shape index (κ2) is 3.89. The van der Waals surface area contributed by atoms with Crippen molar-refractivity contribution in [2.75, 3.05) is 5.73 Å². The van der Waals surface area contributed by atoms with Crippen molar-refractivity contribution < 1.29 is 4.92 Å². The van der Waals surface area contributed by atoms with E-state index in [4.69, 9.17) is 5.73 Å². The van der Waals surface area contributed by atoms with Crippen LogP contribution in [-0.2, 0) is 0 Å². The Balaban J connectivity index is 2.48. The molecular formula is C9H7N5O2. The fourth-order valence-corrected chi connectivity index (χ4v) is 1.24. The quantitative estimate of drug-likeness (QED) is 0.594. The number of benzene rings is 1. The van der Waals surface area contributed by atoms with Gasteiger partial charge in [0.1, 0.15) is 0 Å². The predicted molar refractivity (Wildman–Crippen MR) is 56.3 cm³/mol. The Kier molecular flexibility index (Phi) is 2.42. The Hall–Kier alpha value is -2.57. The molecule has 2 aromatic rings. The minimum atomic E-state index is -0.471. The molecule has 0 saturated carbocycles. The molecule has 1 heterocycles. The van der Waals surface area contributed by atoms with E-state index in [1.165, 1.54) is 18.3 Å². The van der Waals surface area contributed by atoms with Crippen LogP contribution in [0.5, 0.6) is 0 Å². The van der Waals surface area contributed by atoms with Crippen LogP contribution in [0.2, 0.25) is 0 Å². The molecule has 7 heteroatoms. The van der Waals surface area contributed by atoms with Gasteiger partial charge in [-0.25, -0.2) is 4.98 Å². The van der Waals surface area contributed by atoms with Gasteiger partial charge in [-0.15, -0.1) is 5.10 Å². The lowest BCUT2D eigenvalue weighted by atomic mass is 10.1. The number of nitrogen functional groups attached to an aromatic ring is 1. The third kappa shape index (κ3) is 1.92. The number of anilines is 1. The Bertz CT molecular complexity index is 543. The highest BCUT2D eigenvalue weighted by atomic mass is 16.6. The van der Waals surface area contributed by atoms with Crippen molar-refractivity contribution in [2.45, 2.75) is 0 Å². The zero-order valence-electron chi connectivity index (χ0n) is 8.07. The van der Waals surface area contributed by atoms with Crippen molar-refractivity contribution in [1.82, 2.24) is 15.2 Å². The van der Waals surface area contributed by atoms with Gasteiger partial charge in [-0.05, 0) is 0 Å². The number of hydrogen-bond acceptors (Lipinski definition) is 6. The normalized spacial score (nSPS) is 10.0. The summed E-state index contributed by atoms with van der Waals surface area (Å²) in [5.41, 5.74) is 6.40. The molecule has 2 N–H and O–H groups in total. The van der Waals surface area contributed by atoms with E-state index in [9.17, 15) is 10.1 Å². The molecule has 0 unspecified atom stereocenters. The molecule has 0 saturated heterocycles. The van der Waals surface area contributed by atoms with Gasteiger partial charge in [-0.2, -0.15) is 5.10 Å². The van der Waals surface area contributed by atoms with Gasteiger partial charge in [-0.1, -0.05) is 12.1 Å². The Labute approximate surface area is 90.1 Å². The van der Waals surface area contributed by atoms with Gasteiger partial charge in [-0.3, -0.25) is 10.1 Å². The van der Waals surface area contributed by atoms with Gasteiger partial charge >= 0.3 is 0 Å². The first kappa shape index (κ1) is 9.97. The molecule has 0 aliphatic carbocycles. The summed E-state index contributed by atoms with van der Waals surface area (Å²) in [6, 6.07) is 6.08. The molecule has 0 aliphatic rings. The Morgan fingerprint density at radius 3 is 2.88 bits per heavy atom. The number of nitro benzene ring substituents is 1. The lowest BCUT2D eigenvalue weighted by Crippen LogP contribution is -1.98. The second-order valence-corrected chi connectivity index (χ2v) is 3.01. The van der Waals surface area contributed by atoms with Crippen molar-refractivity contribution in [2.24, 2.45) is 0 Å². The van der Waals surface area contributed by atoms with Gasteiger partial charge in [0.05, 0.1) is 16.8 Å². The standard InChI is InChI=1S/C9H7N5O2/c10-9-12-8(5-11-13-9)6-2-1-3-7(4-6)14(15)16/h1-5H,(H2,10,12,13). The average Bonchev–Trinajstić information content (AvgIpc) is 2.29. The van der Waals surface area contributed by atoms with Crippen LogP contribution >= 0.6 is 0 Å². The first-order valence-corrected chi connectivity index (χ1v) is 4.37. The molecule has 1 aromatic heterocycles. The number of nitro groups is 1. The van der Waals surface area contributed by atoms with Crippen molar-refractivity contribution in [3.8, 4) is 11.3 Å². The van der Waals surface area contributed by atoms with Gasteiger partial charge in [0.2, 0.25) is 5.95 Å². The zero-order valence-corrected chi connectivity index (χ0v) is 8.07. The second-order valence-electron chi connectivity index (χ2n) is 3.01. The van der Waals surface area contributed by atoms with Gasteiger partial charge in [0.15, 0.2) is 0 Å². The monoisotopic (exact) mass is 217 g/mol. The lowest BCUT2D eigenvalue weighted by molar-refractivity contribution is -0.384. The third-order valence-corrected chi connectivity index (χ3v) is 1.93. The first-order valence-electron chi connectivity index (χ1n) is 4.37. The number of nitrogens with two attached hydrogens (primary N) is 1. The Morgan fingerprint density at radius 1 is 1.38 bits per heavy atom. The van der Waals surface area contributed by atoms with Crippen molar-refractivity contribution in [1.29, 1.82) is 0 Å². The molecule has 0 bridgehead atoms. The molecule has 0 amide bonds. The maximum Gasteiger partial charge on any atom is 0.270 e. The molecule has 0 radical (unpaired) electrons. The van der Waals surface area contributed by atoms with Crippen molar-refractivity contribution >= 4 is 11.6 Å². The van der Waals surface area contributed by atoms with Crippen LogP contribution in [0, 0.1) is 10.1 Å². The molecule has 16 heavy (non-hydrogen) atoms. The highest BCUT2D eigenvalue weighted by Crippen LogP contribution is 2.21. The third-order valence-electron chi connectivity index (χ3n) is 1.93. The van der Waals surface area contributed by atoms with E-state index in [2.05, 4.69) is 15.2 Å². The number of rotatable bonds is 2. The van der Waals surface area contributed by atoms with E-state index in [1.807, 2.05) is 0 Å². The highest BCUT2D eigenvalue weighted by molar-refractivity contribution is 5.62.